The van der Waals surface area contributed by atoms with Crippen molar-refractivity contribution in [3.8, 4) is 0 Å². The summed E-state index contributed by atoms with van der Waals surface area (Å²) in [5.74, 6) is 0. The fourth-order valence-electron chi connectivity index (χ4n) is 1.36. The summed E-state index contributed by atoms with van der Waals surface area (Å²) in [4.78, 5) is 12.4. The molecular formula is C10H12I2N2O2. The van der Waals surface area contributed by atoms with Crippen LogP contribution < -0.4 is 4.90 Å². The van der Waals surface area contributed by atoms with E-state index >= 15 is 0 Å². The van der Waals surface area contributed by atoms with Crippen LogP contribution in [0.5, 0.6) is 0 Å². The van der Waals surface area contributed by atoms with Gasteiger partial charge < -0.3 is 4.90 Å². The third kappa shape index (κ3) is 4.04. The summed E-state index contributed by atoms with van der Waals surface area (Å²) in [7, 11) is 0. The third-order valence-electron chi connectivity index (χ3n) is 2.13. The maximum absolute atomic E-state index is 10.5. The number of benzene rings is 1. The van der Waals surface area contributed by atoms with Crippen LogP contribution in [0.1, 0.15) is 0 Å². The lowest BCUT2D eigenvalue weighted by atomic mass is 10.2. The summed E-state index contributed by atoms with van der Waals surface area (Å²) in [5.41, 5.74) is 1.20. The topological polar surface area (TPSA) is 46.4 Å². The highest BCUT2D eigenvalue weighted by Gasteiger charge is 2.08. The van der Waals surface area contributed by atoms with E-state index in [9.17, 15) is 10.1 Å². The summed E-state index contributed by atoms with van der Waals surface area (Å²) >= 11 is 4.67. The summed E-state index contributed by atoms with van der Waals surface area (Å²) in [6, 6.07) is 6.75. The van der Waals surface area contributed by atoms with Crippen LogP contribution in [0.2, 0.25) is 0 Å². The van der Waals surface area contributed by atoms with Crippen LogP contribution in [0.3, 0.4) is 0 Å². The SMILES string of the molecule is O=[N+]([O-])c1ccc(N(CCI)CCI)cc1. The van der Waals surface area contributed by atoms with E-state index in [1.54, 1.807) is 12.1 Å². The van der Waals surface area contributed by atoms with E-state index in [2.05, 4.69) is 50.1 Å². The molecule has 0 aliphatic rings. The van der Waals surface area contributed by atoms with E-state index < -0.39 is 0 Å². The molecule has 0 fully saturated rings. The normalized spacial score (nSPS) is 10.1. The van der Waals surface area contributed by atoms with Gasteiger partial charge in [0.1, 0.15) is 0 Å². The number of hydrogen-bond donors (Lipinski definition) is 0. The number of nitro groups is 1. The molecule has 0 aliphatic heterocycles. The first-order valence-corrected chi connectivity index (χ1v) is 7.85. The summed E-state index contributed by atoms with van der Waals surface area (Å²) < 4.78 is 2.09. The van der Waals surface area contributed by atoms with E-state index in [4.69, 9.17) is 0 Å². The number of alkyl halides is 2. The number of hydrogen-bond acceptors (Lipinski definition) is 3. The Kier molecular flexibility index (Phi) is 6.32. The van der Waals surface area contributed by atoms with E-state index in [0.717, 1.165) is 27.6 Å². The van der Waals surface area contributed by atoms with Crippen molar-refractivity contribution < 1.29 is 4.92 Å². The fourth-order valence-corrected chi connectivity index (χ4v) is 2.52. The minimum absolute atomic E-state index is 0.146. The van der Waals surface area contributed by atoms with Crippen LogP contribution >= 0.6 is 45.2 Å². The number of rotatable bonds is 6. The molecule has 0 radical (unpaired) electrons. The van der Waals surface area contributed by atoms with Gasteiger partial charge >= 0.3 is 0 Å². The molecule has 0 saturated heterocycles. The molecule has 0 spiro atoms. The van der Waals surface area contributed by atoms with Gasteiger partial charge in [0.25, 0.3) is 5.69 Å². The molecule has 1 rings (SSSR count). The fraction of sp³-hybridized carbons (Fsp3) is 0.400. The van der Waals surface area contributed by atoms with Crippen molar-refractivity contribution in [1.29, 1.82) is 0 Å². The van der Waals surface area contributed by atoms with Gasteiger partial charge in [-0.25, -0.2) is 0 Å². The van der Waals surface area contributed by atoms with Crippen LogP contribution in [0, 0.1) is 10.1 Å². The summed E-state index contributed by atoms with van der Waals surface area (Å²) in [5, 5.41) is 10.5. The van der Waals surface area contributed by atoms with Gasteiger partial charge in [-0.05, 0) is 12.1 Å². The van der Waals surface area contributed by atoms with Gasteiger partial charge in [0, 0.05) is 39.8 Å². The Morgan fingerprint density at radius 1 is 1.12 bits per heavy atom. The van der Waals surface area contributed by atoms with Crippen molar-refractivity contribution in [3.05, 3.63) is 34.4 Å². The number of nitrogens with zero attached hydrogens (tertiary/aromatic N) is 2. The van der Waals surface area contributed by atoms with E-state index in [1.807, 2.05) is 12.1 Å². The molecule has 16 heavy (non-hydrogen) atoms. The highest BCUT2D eigenvalue weighted by atomic mass is 127. The van der Waals surface area contributed by atoms with Crippen molar-refractivity contribution in [2.45, 2.75) is 0 Å². The molecule has 1 aromatic rings. The van der Waals surface area contributed by atoms with Crippen LogP contribution in [-0.2, 0) is 0 Å². The van der Waals surface area contributed by atoms with Gasteiger partial charge in [-0.1, -0.05) is 45.2 Å². The Balaban J connectivity index is 2.80. The van der Waals surface area contributed by atoms with Gasteiger partial charge in [-0.2, -0.15) is 0 Å². The molecule has 0 N–H and O–H groups in total. The zero-order valence-corrected chi connectivity index (χ0v) is 12.9. The summed E-state index contributed by atoms with van der Waals surface area (Å²) in [6.45, 7) is 1.95. The third-order valence-corrected chi connectivity index (χ3v) is 3.10. The minimum atomic E-state index is -0.370. The van der Waals surface area contributed by atoms with Crippen LogP contribution in [0.25, 0.3) is 0 Å². The maximum atomic E-state index is 10.5. The first-order chi connectivity index (χ1) is 7.69. The molecule has 1 aromatic carbocycles. The maximum Gasteiger partial charge on any atom is 0.269 e. The largest absolute Gasteiger partial charge is 0.370 e. The second-order valence-electron chi connectivity index (χ2n) is 3.14. The van der Waals surface area contributed by atoms with Crippen LogP contribution in [-0.4, -0.2) is 26.9 Å². The zero-order valence-electron chi connectivity index (χ0n) is 8.60. The average Bonchev–Trinajstić information content (AvgIpc) is 2.29. The van der Waals surface area contributed by atoms with Crippen LogP contribution in [0.4, 0.5) is 11.4 Å². The quantitative estimate of drug-likeness (QED) is 0.292. The van der Waals surface area contributed by atoms with Gasteiger partial charge in [0.2, 0.25) is 0 Å². The van der Waals surface area contributed by atoms with Gasteiger partial charge in [-0.15, -0.1) is 0 Å². The highest BCUT2D eigenvalue weighted by Crippen LogP contribution is 2.19. The molecule has 0 atom stereocenters. The Labute approximate surface area is 122 Å². The molecule has 0 aliphatic carbocycles. The molecule has 0 bridgehead atoms. The molecule has 0 unspecified atom stereocenters. The monoisotopic (exact) mass is 446 g/mol. The van der Waals surface area contributed by atoms with E-state index in [0.29, 0.717) is 0 Å². The zero-order chi connectivity index (χ0) is 12.0. The first kappa shape index (κ1) is 13.9. The Bertz CT molecular complexity index is 337. The van der Waals surface area contributed by atoms with Gasteiger partial charge in [-0.3, -0.25) is 10.1 Å². The summed E-state index contributed by atoms with van der Waals surface area (Å²) in [6.07, 6.45) is 0. The minimum Gasteiger partial charge on any atom is -0.370 e. The Hall–Kier alpha value is -0.120. The lowest BCUT2D eigenvalue weighted by Gasteiger charge is -2.22. The average molecular weight is 446 g/mol. The van der Waals surface area contributed by atoms with Crippen molar-refractivity contribution in [2.75, 3.05) is 26.8 Å². The van der Waals surface area contributed by atoms with Gasteiger partial charge in [0.15, 0.2) is 0 Å². The van der Waals surface area contributed by atoms with E-state index in [-0.39, 0.29) is 10.6 Å². The number of anilines is 1. The highest BCUT2D eigenvalue weighted by molar-refractivity contribution is 14.1. The number of non-ortho nitro benzene ring substituents is 1. The molecule has 88 valence electrons. The van der Waals surface area contributed by atoms with Crippen molar-refractivity contribution in [3.63, 3.8) is 0 Å². The molecule has 0 amide bonds. The Morgan fingerprint density at radius 2 is 1.62 bits per heavy atom. The molecule has 6 heteroatoms. The number of nitro benzene ring substituents is 1. The van der Waals surface area contributed by atoms with Crippen LogP contribution in [0.15, 0.2) is 24.3 Å². The van der Waals surface area contributed by atoms with Crippen molar-refractivity contribution >= 4 is 56.6 Å². The van der Waals surface area contributed by atoms with Crippen molar-refractivity contribution in [2.24, 2.45) is 0 Å². The lowest BCUT2D eigenvalue weighted by Crippen LogP contribution is -2.27. The predicted octanol–water partition coefficient (Wildman–Crippen LogP) is 3.27. The molecular weight excluding hydrogens is 434 g/mol. The van der Waals surface area contributed by atoms with Crippen molar-refractivity contribution in [1.82, 2.24) is 0 Å². The molecule has 0 aromatic heterocycles. The molecule has 0 saturated carbocycles. The Morgan fingerprint density at radius 3 is 2.00 bits per heavy atom. The molecule has 4 nitrogen and oxygen atoms in total. The first-order valence-electron chi connectivity index (χ1n) is 4.80. The van der Waals surface area contributed by atoms with E-state index in [1.165, 1.54) is 0 Å². The number of halogens is 2. The molecule has 0 heterocycles. The lowest BCUT2D eigenvalue weighted by molar-refractivity contribution is -0.384. The predicted molar refractivity (Wildman–Crippen MR) is 83.1 cm³/mol. The standard InChI is InChI=1S/C10H12I2N2O2/c11-5-7-13(8-6-12)9-1-3-10(4-2-9)14(15)16/h1-4H,5-8H2. The second-order valence-corrected chi connectivity index (χ2v) is 5.30. The smallest absolute Gasteiger partial charge is 0.269 e. The van der Waals surface area contributed by atoms with Gasteiger partial charge in [0.05, 0.1) is 4.92 Å². The second kappa shape index (κ2) is 7.25.